The number of amides is 4. The second kappa shape index (κ2) is 12.9. The van der Waals surface area contributed by atoms with E-state index in [-0.39, 0.29) is 30.7 Å². The van der Waals surface area contributed by atoms with Crippen LogP contribution in [0.5, 0.6) is 0 Å². The third kappa shape index (κ3) is 9.37. The van der Waals surface area contributed by atoms with Crippen LogP contribution in [0.3, 0.4) is 0 Å². The Hall–Kier alpha value is -3.10. The van der Waals surface area contributed by atoms with Gasteiger partial charge in [0.25, 0.3) is 0 Å². The quantitative estimate of drug-likeness (QED) is 0.365. The summed E-state index contributed by atoms with van der Waals surface area (Å²) in [5.41, 5.74) is 7.28. The fourth-order valence-corrected chi connectivity index (χ4v) is 4.44. The summed E-state index contributed by atoms with van der Waals surface area (Å²) in [6, 6.07) is 3.73. The van der Waals surface area contributed by atoms with Gasteiger partial charge in [-0.05, 0) is 65.4 Å². The van der Waals surface area contributed by atoms with Crippen molar-refractivity contribution in [3.05, 3.63) is 34.9 Å². The smallest absolute Gasteiger partial charge is 0.408 e. The first kappa shape index (κ1) is 30.1. The minimum Gasteiger partial charge on any atom is -0.444 e. The van der Waals surface area contributed by atoms with Gasteiger partial charge in [-0.15, -0.1) is 0 Å². The maximum atomic E-state index is 14.1. The van der Waals surface area contributed by atoms with E-state index in [0.29, 0.717) is 12.1 Å². The van der Waals surface area contributed by atoms with Gasteiger partial charge in [0.15, 0.2) is 0 Å². The maximum absolute atomic E-state index is 14.1. The van der Waals surface area contributed by atoms with Gasteiger partial charge in [-0.1, -0.05) is 49.6 Å². The Kier molecular flexibility index (Phi) is 10.5. The number of nitrogens with one attached hydrogen (secondary N) is 2. The second-order valence-corrected chi connectivity index (χ2v) is 11.2. The normalized spacial score (nSPS) is 18.4. The van der Waals surface area contributed by atoms with Crippen molar-refractivity contribution < 1.29 is 23.9 Å². The van der Waals surface area contributed by atoms with Crippen LogP contribution in [0.15, 0.2) is 18.2 Å². The highest BCUT2D eigenvalue weighted by molar-refractivity contribution is 5.93. The lowest BCUT2D eigenvalue weighted by Crippen LogP contribution is -2.54. The average Bonchev–Trinajstić information content (AvgIpc) is 3.48. The van der Waals surface area contributed by atoms with Crippen molar-refractivity contribution >= 4 is 23.8 Å². The Balaban J connectivity index is 2.50. The second-order valence-electron chi connectivity index (χ2n) is 11.2. The molecule has 4 unspecified atom stereocenters. The number of hydrogen-bond donors (Lipinski definition) is 3. The number of hydrogen-bond acceptors (Lipinski definition) is 5. The highest BCUT2D eigenvalue weighted by atomic mass is 16.6. The number of aryl methyl sites for hydroxylation is 2. The molecule has 1 aromatic rings. The van der Waals surface area contributed by atoms with Gasteiger partial charge in [0.05, 0.1) is 0 Å². The fraction of sp³-hybridized carbons (Fsp3) is 0.643. The molecule has 9 nitrogen and oxygen atoms in total. The fourth-order valence-electron chi connectivity index (χ4n) is 4.44. The van der Waals surface area contributed by atoms with Gasteiger partial charge >= 0.3 is 6.09 Å². The van der Waals surface area contributed by atoms with Gasteiger partial charge in [0.1, 0.15) is 17.7 Å². The molecule has 1 aliphatic rings. The molecule has 0 radical (unpaired) electrons. The number of ether oxygens (including phenoxy) is 1. The SMILES string of the molecule is CCCCNC(=O)C(c1cc(C)cc(C)c1)N(C(=O)C(CCC(N)=O)NC(=O)OC(C)(C)C)C1CC1C. The predicted molar refractivity (Wildman–Crippen MR) is 143 cm³/mol. The molecule has 4 amide bonds. The Morgan fingerprint density at radius 2 is 1.73 bits per heavy atom. The van der Waals surface area contributed by atoms with E-state index in [1.807, 2.05) is 45.9 Å². The maximum Gasteiger partial charge on any atom is 0.408 e. The van der Waals surface area contributed by atoms with E-state index < -0.39 is 35.6 Å². The molecular formula is C28H44N4O5. The van der Waals surface area contributed by atoms with E-state index in [1.54, 1.807) is 25.7 Å². The molecule has 37 heavy (non-hydrogen) atoms. The van der Waals surface area contributed by atoms with Crippen molar-refractivity contribution in [1.29, 1.82) is 0 Å². The van der Waals surface area contributed by atoms with Gasteiger partial charge in [0, 0.05) is 19.0 Å². The number of benzene rings is 1. The lowest BCUT2D eigenvalue weighted by Gasteiger charge is -2.35. The van der Waals surface area contributed by atoms with Crippen molar-refractivity contribution in [3.63, 3.8) is 0 Å². The molecule has 2 rings (SSSR count). The summed E-state index contributed by atoms with van der Waals surface area (Å²) in [5, 5.41) is 5.63. The van der Waals surface area contributed by atoms with E-state index in [0.717, 1.165) is 30.4 Å². The molecule has 0 aromatic heterocycles. The summed E-state index contributed by atoms with van der Waals surface area (Å²) >= 11 is 0. The van der Waals surface area contributed by atoms with Crippen LogP contribution in [0.2, 0.25) is 0 Å². The number of rotatable bonds is 12. The zero-order chi connectivity index (χ0) is 27.9. The molecule has 1 aromatic carbocycles. The minimum absolute atomic E-state index is 0.00201. The summed E-state index contributed by atoms with van der Waals surface area (Å²) in [5.74, 6) is -1.09. The Morgan fingerprint density at radius 1 is 1.14 bits per heavy atom. The molecule has 1 aliphatic carbocycles. The highest BCUT2D eigenvalue weighted by Gasteiger charge is 2.48. The summed E-state index contributed by atoms with van der Waals surface area (Å²) < 4.78 is 5.38. The third-order valence-corrected chi connectivity index (χ3v) is 6.26. The number of nitrogens with zero attached hydrogens (tertiary/aromatic N) is 1. The molecule has 0 bridgehead atoms. The molecule has 1 saturated carbocycles. The zero-order valence-corrected chi connectivity index (χ0v) is 23.3. The van der Waals surface area contributed by atoms with E-state index in [2.05, 4.69) is 10.6 Å². The molecule has 0 saturated heterocycles. The number of carbonyl (C=O) groups excluding carboxylic acids is 4. The highest BCUT2D eigenvalue weighted by Crippen LogP contribution is 2.41. The van der Waals surface area contributed by atoms with Crippen LogP contribution in [0, 0.1) is 19.8 Å². The van der Waals surface area contributed by atoms with Crippen LogP contribution in [0.25, 0.3) is 0 Å². The standard InChI is InChI=1S/C28H44N4O5/c1-8-9-12-30-25(34)24(20-14-17(2)13-18(3)15-20)32(22-16-19(22)4)26(35)21(10-11-23(29)33)31-27(36)37-28(5,6)7/h13-15,19,21-22,24H,8-12,16H2,1-7H3,(H2,29,33)(H,30,34)(H,31,36). The topological polar surface area (TPSA) is 131 Å². The Labute approximate surface area is 220 Å². The number of nitrogens with two attached hydrogens (primary N) is 1. The summed E-state index contributed by atoms with van der Waals surface area (Å²) in [7, 11) is 0. The van der Waals surface area contributed by atoms with Crippen LogP contribution in [0.1, 0.15) is 89.5 Å². The largest absolute Gasteiger partial charge is 0.444 e. The van der Waals surface area contributed by atoms with Crippen molar-refractivity contribution in [2.24, 2.45) is 11.7 Å². The molecule has 9 heteroatoms. The van der Waals surface area contributed by atoms with Crippen molar-refractivity contribution in [1.82, 2.24) is 15.5 Å². The summed E-state index contributed by atoms with van der Waals surface area (Å²) in [6.45, 7) is 13.6. The summed E-state index contributed by atoms with van der Waals surface area (Å²) in [4.78, 5) is 53.6. The van der Waals surface area contributed by atoms with Crippen LogP contribution < -0.4 is 16.4 Å². The van der Waals surface area contributed by atoms with Crippen LogP contribution in [0.4, 0.5) is 4.79 Å². The summed E-state index contributed by atoms with van der Waals surface area (Å²) in [6.07, 6.45) is 1.62. The Morgan fingerprint density at radius 3 is 2.22 bits per heavy atom. The number of primary amides is 1. The molecular weight excluding hydrogens is 472 g/mol. The van der Waals surface area contributed by atoms with Gasteiger partial charge in [0.2, 0.25) is 17.7 Å². The average molecular weight is 517 g/mol. The first-order chi connectivity index (χ1) is 17.2. The van der Waals surface area contributed by atoms with Crippen LogP contribution in [-0.2, 0) is 19.1 Å². The molecule has 0 heterocycles. The van der Waals surface area contributed by atoms with Gasteiger partial charge < -0.3 is 26.0 Å². The molecule has 206 valence electrons. The van der Waals surface area contributed by atoms with Crippen molar-refractivity contribution in [2.45, 2.75) is 104 Å². The van der Waals surface area contributed by atoms with Crippen LogP contribution >= 0.6 is 0 Å². The lowest BCUT2D eigenvalue weighted by molar-refractivity contribution is -0.143. The molecule has 1 fully saturated rings. The molecule has 0 aliphatic heterocycles. The Bertz CT molecular complexity index is 967. The lowest BCUT2D eigenvalue weighted by atomic mass is 9.97. The first-order valence-corrected chi connectivity index (χ1v) is 13.2. The molecule has 4 N–H and O–H groups in total. The number of carbonyl (C=O) groups is 4. The monoisotopic (exact) mass is 516 g/mol. The van der Waals surface area contributed by atoms with Gasteiger partial charge in [-0.3, -0.25) is 14.4 Å². The van der Waals surface area contributed by atoms with E-state index >= 15 is 0 Å². The van der Waals surface area contributed by atoms with Crippen LogP contribution in [-0.4, -0.2) is 52.9 Å². The van der Waals surface area contributed by atoms with Gasteiger partial charge in [-0.25, -0.2) is 4.79 Å². The number of unbranched alkanes of at least 4 members (excludes halogenated alkanes) is 1. The van der Waals surface area contributed by atoms with E-state index in [9.17, 15) is 19.2 Å². The van der Waals surface area contributed by atoms with E-state index in [4.69, 9.17) is 10.5 Å². The minimum atomic E-state index is -1.08. The van der Waals surface area contributed by atoms with E-state index in [1.165, 1.54) is 0 Å². The van der Waals surface area contributed by atoms with Gasteiger partial charge in [-0.2, -0.15) is 0 Å². The predicted octanol–water partition coefficient (Wildman–Crippen LogP) is 3.66. The molecule has 0 spiro atoms. The molecule has 4 atom stereocenters. The third-order valence-electron chi connectivity index (χ3n) is 6.26. The van der Waals surface area contributed by atoms with Crippen molar-refractivity contribution in [3.8, 4) is 0 Å². The number of alkyl carbamates (subject to hydrolysis) is 1. The first-order valence-electron chi connectivity index (χ1n) is 13.2. The van der Waals surface area contributed by atoms with Crippen molar-refractivity contribution in [2.75, 3.05) is 6.54 Å². The zero-order valence-electron chi connectivity index (χ0n) is 23.3.